The zero-order valence-electron chi connectivity index (χ0n) is 15.6. The summed E-state index contributed by atoms with van der Waals surface area (Å²) in [6, 6.07) is 20.0. The number of nitrogens with one attached hydrogen (secondary N) is 1. The smallest absolute Gasteiger partial charge is 0.183 e. The Morgan fingerprint density at radius 3 is 2.25 bits per heavy atom. The summed E-state index contributed by atoms with van der Waals surface area (Å²) in [4.78, 5) is 22.0. The van der Waals surface area contributed by atoms with Crippen molar-refractivity contribution in [3.63, 3.8) is 0 Å². The third-order valence-electron chi connectivity index (χ3n) is 4.86. The van der Waals surface area contributed by atoms with Crippen molar-refractivity contribution in [2.45, 2.75) is 38.1 Å². The SMILES string of the molecule is O=C(CCc1ccccc1)c1nc(C2CC2)nc(NCc2ccccc2)c1Cl. The van der Waals surface area contributed by atoms with E-state index in [0.717, 1.165) is 29.8 Å². The van der Waals surface area contributed by atoms with E-state index >= 15 is 0 Å². The van der Waals surface area contributed by atoms with E-state index in [0.29, 0.717) is 41.8 Å². The molecule has 0 amide bonds. The van der Waals surface area contributed by atoms with Gasteiger partial charge in [0.1, 0.15) is 22.4 Å². The van der Waals surface area contributed by atoms with Crippen LogP contribution < -0.4 is 5.32 Å². The van der Waals surface area contributed by atoms with Gasteiger partial charge in [0.25, 0.3) is 0 Å². The van der Waals surface area contributed by atoms with Gasteiger partial charge in [0.2, 0.25) is 0 Å². The van der Waals surface area contributed by atoms with Crippen LogP contribution in [0.15, 0.2) is 60.7 Å². The number of aromatic nitrogens is 2. The van der Waals surface area contributed by atoms with Gasteiger partial charge >= 0.3 is 0 Å². The standard InChI is InChI=1S/C23H22ClN3O/c24-20-21(19(28)14-11-16-7-3-1-4-8-16)26-22(18-12-13-18)27-23(20)25-15-17-9-5-2-6-10-17/h1-10,18H,11-15H2,(H,25,26,27). The minimum atomic E-state index is -0.0408. The summed E-state index contributed by atoms with van der Waals surface area (Å²) in [7, 11) is 0. The van der Waals surface area contributed by atoms with Crippen molar-refractivity contribution in [1.29, 1.82) is 0 Å². The monoisotopic (exact) mass is 391 g/mol. The molecule has 28 heavy (non-hydrogen) atoms. The molecule has 3 aromatic rings. The zero-order chi connectivity index (χ0) is 19.3. The minimum absolute atomic E-state index is 0.0408. The highest BCUT2D eigenvalue weighted by molar-refractivity contribution is 6.35. The molecule has 0 aliphatic heterocycles. The average molecular weight is 392 g/mol. The summed E-state index contributed by atoms with van der Waals surface area (Å²) >= 11 is 6.54. The normalized spacial score (nSPS) is 13.3. The highest BCUT2D eigenvalue weighted by Crippen LogP contribution is 2.40. The molecule has 1 N–H and O–H groups in total. The molecule has 5 heteroatoms. The maximum Gasteiger partial charge on any atom is 0.183 e. The summed E-state index contributed by atoms with van der Waals surface area (Å²) in [5, 5.41) is 3.60. The fraction of sp³-hybridized carbons (Fsp3) is 0.261. The molecule has 4 rings (SSSR count). The Bertz CT molecular complexity index is 956. The van der Waals surface area contributed by atoms with E-state index in [4.69, 9.17) is 11.6 Å². The van der Waals surface area contributed by atoms with E-state index in [1.807, 2.05) is 60.7 Å². The van der Waals surface area contributed by atoms with Crippen molar-refractivity contribution in [1.82, 2.24) is 9.97 Å². The zero-order valence-corrected chi connectivity index (χ0v) is 16.3. The average Bonchev–Trinajstić information content (AvgIpc) is 3.58. The van der Waals surface area contributed by atoms with Crippen molar-refractivity contribution in [3.8, 4) is 0 Å². The molecule has 2 aromatic carbocycles. The fourth-order valence-electron chi connectivity index (χ4n) is 3.09. The van der Waals surface area contributed by atoms with Crippen molar-refractivity contribution in [2.75, 3.05) is 5.32 Å². The van der Waals surface area contributed by atoms with Crippen LogP contribution in [0.4, 0.5) is 5.82 Å². The summed E-state index contributed by atoms with van der Waals surface area (Å²) in [5.41, 5.74) is 2.60. The number of benzene rings is 2. The minimum Gasteiger partial charge on any atom is -0.365 e. The van der Waals surface area contributed by atoms with Crippen LogP contribution in [0.25, 0.3) is 0 Å². The molecule has 1 fully saturated rings. The molecular weight excluding hydrogens is 370 g/mol. The number of anilines is 1. The topological polar surface area (TPSA) is 54.9 Å². The molecule has 0 bridgehead atoms. The molecular formula is C23H22ClN3O. The molecule has 1 heterocycles. The van der Waals surface area contributed by atoms with E-state index < -0.39 is 0 Å². The maximum atomic E-state index is 12.9. The van der Waals surface area contributed by atoms with Gasteiger partial charge in [0.15, 0.2) is 5.78 Å². The molecule has 1 aromatic heterocycles. The van der Waals surface area contributed by atoms with Gasteiger partial charge in [-0.2, -0.15) is 0 Å². The number of ketones is 1. The van der Waals surface area contributed by atoms with Gasteiger partial charge < -0.3 is 5.32 Å². The quantitative estimate of drug-likeness (QED) is 0.520. The van der Waals surface area contributed by atoms with Crippen LogP contribution in [-0.4, -0.2) is 15.8 Å². The first-order valence-corrected chi connectivity index (χ1v) is 10.0. The predicted molar refractivity (Wildman–Crippen MR) is 112 cm³/mol. The number of rotatable bonds is 8. The Kier molecular flexibility index (Phi) is 5.68. The summed E-state index contributed by atoms with van der Waals surface area (Å²) in [6.45, 7) is 0.597. The molecule has 0 spiro atoms. The van der Waals surface area contributed by atoms with Crippen LogP contribution in [-0.2, 0) is 13.0 Å². The number of Topliss-reactive ketones (excluding diaryl/α,β-unsaturated/α-hetero) is 1. The van der Waals surface area contributed by atoms with Crippen LogP contribution in [0, 0.1) is 0 Å². The second-order valence-electron chi connectivity index (χ2n) is 7.12. The second kappa shape index (κ2) is 8.53. The van der Waals surface area contributed by atoms with Crippen LogP contribution in [0.2, 0.25) is 5.02 Å². The Labute approximate surface area is 170 Å². The van der Waals surface area contributed by atoms with Crippen LogP contribution in [0.5, 0.6) is 0 Å². The number of hydrogen-bond donors (Lipinski definition) is 1. The fourth-order valence-corrected chi connectivity index (χ4v) is 3.35. The van der Waals surface area contributed by atoms with Crippen LogP contribution in [0.1, 0.15) is 52.6 Å². The van der Waals surface area contributed by atoms with Gasteiger partial charge in [-0.05, 0) is 30.4 Å². The molecule has 142 valence electrons. The van der Waals surface area contributed by atoms with Crippen molar-refractivity contribution < 1.29 is 4.79 Å². The number of carbonyl (C=O) groups is 1. The summed E-state index contributed by atoms with van der Waals surface area (Å²) in [5.74, 6) is 1.57. The van der Waals surface area contributed by atoms with Crippen molar-refractivity contribution >= 4 is 23.2 Å². The summed E-state index contributed by atoms with van der Waals surface area (Å²) < 4.78 is 0. The van der Waals surface area contributed by atoms with E-state index in [2.05, 4.69) is 15.3 Å². The van der Waals surface area contributed by atoms with E-state index in [9.17, 15) is 4.79 Å². The molecule has 4 nitrogen and oxygen atoms in total. The predicted octanol–water partition coefficient (Wildman–Crippen LogP) is 5.44. The third kappa shape index (κ3) is 4.57. The lowest BCUT2D eigenvalue weighted by Gasteiger charge is -2.12. The Hall–Kier alpha value is -2.72. The molecule has 0 atom stereocenters. The van der Waals surface area contributed by atoms with Gasteiger partial charge in [-0.1, -0.05) is 72.3 Å². The molecule has 0 saturated heterocycles. The number of hydrogen-bond acceptors (Lipinski definition) is 4. The van der Waals surface area contributed by atoms with Gasteiger partial charge in [-0.3, -0.25) is 4.79 Å². The van der Waals surface area contributed by atoms with Gasteiger partial charge in [0.05, 0.1) is 0 Å². The van der Waals surface area contributed by atoms with Crippen LogP contribution >= 0.6 is 11.6 Å². The number of nitrogens with zero attached hydrogens (tertiary/aromatic N) is 2. The lowest BCUT2D eigenvalue weighted by atomic mass is 10.1. The number of aryl methyl sites for hydroxylation is 1. The van der Waals surface area contributed by atoms with E-state index in [1.165, 1.54) is 0 Å². The van der Waals surface area contributed by atoms with Crippen molar-refractivity contribution in [2.24, 2.45) is 0 Å². The highest BCUT2D eigenvalue weighted by Gasteiger charge is 2.29. The van der Waals surface area contributed by atoms with Gasteiger partial charge in [-0.25, -0.2) is 9.97 Å². The summed E-state index contributed by atoms with van der Waals surface area (Å²) in [6.07, 6.45) is 3.18. The maximum absolute atomic E-state index is 12.9. The first-order valence-electron chi connectivity index (χ1n) is 9.63. The number of halogens is 1. The largest absolute Gasteiger partial charge is 0.365 e. The molecule has 1 aliphatic rings. The lowest BCUT2D eigenvalue weighted by molar-refractivity contribution is 0.0978. The first-order chi connectivity index (χ1) is 13.7. The van der Waals surface area contributed by atoms with Gasteiger partial charge in [0, 0.05) is 18.9 Å². The van der Waals surface area contributed by atoms with Crippen molar-refractivity contribution in [3.05, 3.63) is 88.3 Å². The Morgan fingerprint density at radius 1 is 0.964 bits per heavy atom. The number of carbonyl (C=O) groups excluding carboxylic acids is 1. The van der Waals surface area contributed by atoms with E-state index in [-0.39, 0.29) is 5.78 Å². The van der Waals surface area contributed by atoms with Gasteiger partial charge in [-0.15, -0.1) is 0 Å². The lowest BCUT2D eigenvalue weighted by Crippen LogP contribution is -2.12. The van der Waals surface area contributed by atoms with E-state index in [1.54, 1.807) is 0 Å². The molecule has 1 saturated carbocycles. The Morgan fingerprint density at radius 2 is 1.61 bits per heavy atom. The Balaban J connectivity index is 1.53. The first kappa shape index (κ1) is 18.6. The highest BCUT2D eigenvalue weighted by atomic mass is 35.5. The molecule has 0 radical (unpaired) electrons. The molecule has 1 aliphatic carbocycles. The third-order valence-corrected chi connectivity index (χ3v) is 5.22. The molecule has 0 unspecified atom stereocenters. The second-order valence-corrected chi connectivity index (χ2v) is 7.49. The van der Waals surface area contributed by atoms with Crippen LogP contribution in [0.3, 0.4) is 0 Å².